The third-order valence-corrected chi connectivity index (χ3v) is 5.46. The molecule has 3 aromatic rings. The van der Waals surface area contributed by atoms with Gasteiger partial charge >= 0.3 is 17.8 Å². The van der Waals surface area contributed by atoms with E-state index in [-0.39, 0.29) is 5.75 Å². The summed E-state index contributed by atoms with van der Waals surface area (Å²) in [5.74, 6) is -1.20. The second-order valence-electron chi connectivity index (χ2n) is 8.02. The first-order valence-electron chi connectivity index (χ1n) is 11.9. The van der Waals surface area contributed by atoms with Gasteiger partial charge in [-0.05, 0) is 86.0 Å². The van der Waals surface area contributed by atoms with E-state index in [1.54, 1.807) is 67.6 Å². The van der Waals surface area contributed by atoms with E-state index in [2.05, 4.69) is 15.8 Å². The number of carbonyl (C=O) groups excluding carboxylic acids is 3. The van der Waals surface area contributed by atoms with Crippen molar-refractivity contribution >= 4 is 41.3 Å². The fourth-order valence-corrected chi connectivity index (χ4v) is 3.28. The second-order valence-corrected chi connectivity index (χ2v) is 8.43. The molecule has 0 atom stereocenters. The van der Waals surface area contributed by atoms with Crippen molar-refractivity contribution in [3.8, 4) is 17.2 Å². The number of amides is 2. The van der Waals surface area contributed by atoms with Crippen LogP contribution in [0.4, 0.5) is 5.69 Å². The van der Waals surface area contributed by atoms with E-state index >= 15 is 0 Å². The fraction of sp³-hybridized carbons (Fsp3) is 0.214. The van der Waals surface area contributed by atoms with Gasteiger partial charge in [-0.2, -0.15) is 5.10 Å². The summed E-state index contributed by atoms with van der Waals surface area (Å²) in [6, 6.07) is 16.3. The smallest absolute Gasteiger partial charge is 0.343 e. The summed E-state index contributed by atoms with van der Waals surface area (Å²) in [5, 5.41) is 6.74. The number of anilines is 1. The maximum Gasteiger partial charge on any atom is 0.343 e. The first-order chi connectivity index (χ1) is 18.3. The zero-order valence-corrected chi connectivity index (χ0v) is 22.0. The van der Waals surface area contributed by atoms with Gasteiger partial charge < -0.3 is 19.5 Å². The molecule has 198 valence electrons. The minimum absolute atomic E-state index is 0.223. The highest BCUT2D eigenvalue weighted by Crippen LogP contribution is 2.29. The molecule has 2 N–H and O–H groups in total. The van der Waals surface area contributed by atoms with Gasteiger partial charge in [0.05, 0.1) is 25.0 Å². The van der Waals surface area contributed by atoms with Gasteiger partial charge in [0, 0.05) is 10.7 Å². The van der Waals surface area contributed by atoms with Crippen LogP contribution in [0.3, 0.4) is 0 Å². The molecule has 0 bridgehead atoms. The molecule has 0 spiro atoms. The van der Waals surface area contributed by atoms with Crippen molar-refractivity contribution in [2.75, 3.05) is 18.5 Å². The van der Waals surface area contributed by atoms with E-state index in [9.17, 15) is 14.4 Å². The molecule has 0 saturated carbocycles. The van der Waals surface area contributed by atoms with Crippen LogP contribution in [0.15, 0.2) is 65.8 Å². The molecular formula is C28H28ClN3O6. The van der Waals surface area contributed by atoms with Gasteiger partial charge in [0.2, 0.25) is 0 Å². The molecule has 0 heterocycles. The van der Waals surface area contributed by atoms with Crippen molar-refractivity contribution in [3.63, 3.8) is 0 Å². The van der Waals surface area contributed by atoms with Crippen molar-refractivity contribution in [3.05, 3.63) is 82.4 Å². The Labute approximate surface area is 225 Å². The number of halogens is 1. The lowest BCUT2D eigenvalue weighted by Gasteiger charge is -2.12. The standard InChI is InChI=1S/C28H28ClN3O6/c1-4-14-37-22-11-8-20(9-12-22)28(35)38-24-13-7-19(15-25(24)36-5-2)17-30-32-27(34)26(33)31-21-10-6-18(3)23(29)16-21/h6-13,15-17H,4-5,14H2,1-3H3,(H,31,33)(H,32,34). The Morgan fingerprint density at radius 1 is 0.921 bits per heavy atom. The van der Waals surface area contributed by atoms with Crippen LogP contribution in [0.5, 0.6) is 17.2 Å². The molecule has 0 aromatic heterocycles. The molecule has 0 aliphatic carbocycles. The Kier molecular flexibility index (Phi) is 10.2. The number of nitrogens with one attached hydrogen (secondary N) is 2. The number of aryl methyl sites for hydroxylation is 1. The highest BCUT2D eigenvalue weighted by Gasteiger charge is 2.15. The molecular weight excluding hydrogens is 510 g/mol. The number of rotatable bonds is 10. The van der Waals surface area contributed by atoms with Crippen LogP contribution in [-0.2, 0) is 9.59 Å². The average molecular weight is 538 g/mol. The summed E-state index contributed by atoms with van der Waals surface area (Å²) in [6.45, 7) is 6.55. The van der Waals surface area contributed by atoms with Crippen LogP contribution in [-0.4, -0.2) is 37.2 Å². The van der Waals surface area contributed by atoms with E-state index in [1.807, 2.05) is 13.8 Å². The lowest BCUT2D eigenvalue weighted by atomic mass is 10.2. The number of ether oxygens (including phenoxy) is 3. The third-order valence-electron chi connectivity index (χ3n) is 5.05. The number of nitrogens with zero attached hydrogens (tertiary/aromatic N) is 1. The Bertz CT molecular complexity index is 1320. The minimum Gasteiger partial charge on any atom is -0.494 e. The van der Waals surface area contributed by atoms with Gasteiger partial charge in [-0.1, -0.05) is 24.6 Å². The van der Waals surface area contributed by atoms with Gasteiger partial charge in [0.1, 0.15) is 5.75 Å². The van der Waals surface area contributed by atoms with Crippen LogP contribution >= 0.6 is 11.6 Å². The molecule has 38 heavy (non-hydrogen) atoms. The molecule has 0 radical (unpaired) electrons. The predicted molar refractivity (Wildman–Crippen MR) is 145 cm³/mol. The summed E-state index contributed by atoms with van der Waals surface area (Å²) >= 11 is 6.04. The van der Waals surface area contributed by atoms with Gasteiger partial charge in [-0.25, -0.2) is 10.2 Å². The molecule has 10 heteroatoms. The SMILES string of the molecule is CCCOc1ccc(C(=O)Oc2ccc(C=NNC(=O)C(=O)Nc3ccc(C)c(Cl)c3)cc2OCC)cc1. The maximum atomic E-state index is 12.6. The van der Waals surface area contributed by atoms with Gasteiger partial charge in [0.25, 0.3) is 0 Å². The van der Waals surface area contributed by atoms with E-state index < -0.39 is 17.8 Å². The largest absolute Gasteiger partial charge is 0.494 e. The predicted octanol–water partition coefficient (Wildman–Crippen LogP) is 5.14. The van der Waals surface area contributed by atoms with Crippen molar-refractivity contribution < 1.29 is 28.6 Å². The summed E-state index contributed by atoms with van der Waals surface area (Å²) in [7, 11) is 0. The van der Waals surface area contributed by atoms with Gasteiger partial charge in [-0.3, -0.25) is 9.59 Å². The Morgan fingerprint density at radius 3 is 2.37 bits per heavy atom. The van der Waals surface area contributed by atoms with E-state index in [4.69, 9.17) is 25.8 Å². The molecule has 9 nitrogen and oxygen atoms in total. The van der Waals surface area contributed by atoms with Crippen molar-refractivity contribution in [1.29, 1.82) is 0 Å². The summed E-state index contributed by atoms with van der Waals surface area (Å²) in [6.07, 6.45) is 2.22. The maximum absolute atomic E-state index is 12.6. The molecule has 3 aromatic carbocycles. The molecule has 0 aliphatic rings. The zero-order valence-electron chi connectivity index (χ0n) is 21.2. The van der Waals surface area contributed by atoms with Gasteiger partial charge in [-0.15, -0.1) is 0 Å². The number of hydrazone groups is 1. The van der Waals surface area contributed by atoms with Crippen LogP contribution in [0.1, 0.15) is 41.8 Å². The molecule has 0 aliphatic heterocycles. The lowest BCUT2D eigenvalue weighted by Crippen LogP contribution is -2.32. The number of esters is 1. The number of hydrogen-bond donors (Lipinski definition) is 2. The van der Waals surface area contributed by atoms with E-state index in [1.165, 1.54) is 6.21 Å². The number of benzene rings is 3. The second kappa shape index (κ2) is 13.8. The van der Waals surface area contributed by atoms with E-state index in [0.717, 1.165) is 12.0 Å². The minimum atomic E-state index is -0.959. The summed E-state index contributed by atoms with van der Waals surface area (Å²) in [5.41, 5.74) is 4.29. The Morgan fingerprint density at radius 2 is 1.68 bits per heavy atom. The van der Waals surface area contributed by atoms with E-state index in [0.29, 0.717) is 46.5 Å². The quantitative estimate of drug-likeness (QED) is 0.122. The Hall–Kier alpha value is -4.37. The first-order valence-corrected chi connectivity index (χ1v) is 12.3. The number of carbonyl (C=O) groups is 3. The number of hydrogen-bond acceptors (Lipinski definition) is 7. The summed E-state index contributed by atoms with van der Waals surface area (Å²) in [4.78, 5) is 36.8. The van der Waals surface area contributed by atoms with Crippen molar-refractivity contribution in [2.45, 2.75) is 27.2 Å². The zero-order chi connectivity index (χ0) is 27.5. The van der Waals surface area contributed by atoms with Crippen LogP contribution in [0.2, 0.25) is 5.02 Å². The molecule has 0 unspecified atom stereocenters. The monoisotopic (exact) mass is 537 g/mol. The first kappa shape index (κ1) is 28.2. The average Bonchev–Trinajstić information content (AvgIpc) is 2.91. The molecule has 0 fully saturated rings. The van der Waals surface area contributed by atoms with Crippen molar-refractivity contribution in [1.82, 2.24) is 5.43 Å². The van der Waals surface area contributed by atoms with Crippen molar-refractivity contribution in [2.24, 2.45) is 5.10 Å². The highest BCUT2D eigenvalue weighted by atomic mass is 35.5. The third kappa shape index (κ3) is 8.07. The summed E-state index contributed by atoms with van der Waals surface area (Å²) < 4.78 is 16.7. The highest BCUT2D eigenvalue weighted by molar-refractivity contribution is 6.39. The molecule has 3 rings (SSSR count). The van der Waals surface area contributed by atoms with Crippen LogP contribution in [0, 0.1) is 6.92 Å². The molecule has 0 saturated heterocycles. The molecule has 2 amide bonds. The Balaban J connectivity index is 1.61. The topological polar surface area (TPSA) is 115 Å². The normalized spacial score (nSPS) is 10.6. The van der Waals surface area contributed by atoms with Crippen LogP contribution < -0.4 is 25.0 Å². The van der Waals surface area contributed by atoms with Gasteiger partial charge in [0.15, 0.2) is 11.5 Å². The van der Waals surface area contributed by atoms with Crippen LogP contribution in [0.25, 0.3) is 0 Å². The fourth-order valence-electron chi connectivity index (χ4n) is 3.10. The lowest BCUT2D eigenvalue weighted by molar-refractivity contribution is -0.136.